The van der Waals surface area contributed by atoms with Gasteiger partial charge in [-0.05, 0) is 42.3 Å². The SMILES string of the molecule is COCC(=O)N(C)CC(=O)N1N=C(c2ccc(OC)cc2)CC1c1ccc(C)cc1. The van der Waals surface area contributed by atoms with Gasteiger partial charge in [-0.15, -0.1) is 0 Å². The molecule has 1 heterocycles. The third-order valence-electron chi connectivity index (χ3n) is 5.12. The molecule has 1 atom stereocenters. The van der Waals surface area contributed by atoms with Crippen LogP contribution in [0.25, 0.3) is 0 Å². The van der Waals surface area contributed by atoms with Crippen molar-refractivity contribution in [3.8, 4) is 5.75 Å². The summed E-state index contributed by atoms with van der Waals surface area (Å²) >= 11 is 0. The van der Waals surface area contributed by atoms with Crippen molar-refractivity contribution in [3.63, 3.8) is 0 Å². The molecule has 158 valence electrons. The quantitative estimate of drug-likeness (QED) is 0.705. The fourth-order valence-electron chi connectivity index (χ4n) is 3.34. The number of benzene rings is 2. The average molecular weight is 409 g/mol. The number of aryl methyl sites for hydroxylation is 1. The van der Waals surface area contributed by atoms with Crippen LogP contribution in [-0.2, 0) is 14.3 Å². The monoisotopic (exact) mass is 409 g/mol. The number of hydrogen-bond acceptors (Lipinski definition) is 5. The van der Waals surface area contributed by atoms with Gasteiger partial charge in [0.2, 0.25) is 5.91 Å². The van der Waals surface area contributed by atoms with Gasteiger partial charge in [0.05, 0.1) is 18.9 Å². The summed E-state index contributed by atoms with van der Waals surface area (Å²) in [6.45, 7) is 1.90. The van der Waals surface area contributed by atoms with E-state index in [1.807, 2.05) is 55.5 Å². The normalized spacial score (nSPS) is 15.7. The van der Waals surface area contributed by atoms with E-state index in [9.17, 15) is 9.59 Å². The average Bonchev–Trinajstić information content (AvgIpc) is 3.20. The summed E-state index contributed by atoms with van der Waals surface area (Å²) in [5.74, 6) is 0.269. The second-order valence-corrected chi connectivity index (χ2v) is 7.33. The van der Waals surface area contributed by atoms with Gasteiger partial charge in [0.15, 0.2) is 0 Å². The van der Waals surface area contributed by atoms with E-state index in [1.54, 1.807) is 14.2 Å². The topological polar surface area (TPSA) is 71.4 Å². The molecule has 0 N–H and O–H groups in total. The molecule has 0 fully saturated rings. The first-order valence-electron chi connectivity index (χ1n) is 9.76. The molecule has 2 aromatic carbocycles. The van der Waals surface area contributed by atoms with Crippen LogP contribution in [0.2, 0.25) is 0 Å². The molecule has 7 heteroatoms. The van der Waals surface area contributed by atoms with E-state index >= 15 is 0 Å². The predicted octanol–water partition coefficient (Wildman–Crippen LogP) is 2.79. The summed E-state index contributed by atoms with van der Waals surface area (Å²) < 4.78 is 10.1. The molecule has 0 saturated heterocycles. The number of amides is 2. The molecule has 0 aromatic heterocycles. The molecule has 0 spiro atoms. The summed E-state index contributed by atoms with van der Waals surface area (Å²) in [7, 11) is 4.66. The van der Waals surface area contributed by atoms with Crippen LogP contribution in [-0.4, -0.2) is 61.9 Å². The van der Waals surface area contributed by atoms with Gasteiger partial charge in [-0.1, -0.05) is 29.8 Å². The van der Waals surface area contributed by atoms with Gasteiger partial charge in [0, 0.05) is 20.6 Å². The van der Waals surface area contributed by atoms with Crippen molar-refractivity contribution in [2.45, 2.75) is 19.4 Å². The molecule has 0 saturated carbocycles. The number of hydrogen-bond donors (Lipinski definition) is 0. The Kier molecular flexibility index (Phi) is 6.84. The molecular formula is C23H27N3O4. The van der Waals surface area contributed by atoms with Gasteiger partial charge in [0.25, 0.3) is 5.91 Å². The fraction of sp³-hybridized carbons (Fsp3) is 0.348. The van der Waals surface area contributed by atoms with Gasteiger partial charge in [-0.3, -0.25) is 9.59 Å². The number of ether oxygens (including phenoxy) is 2. The number of rotatable bonds is 7. The van der Waals surface area contributed by atoms with E-state index in [0.29, 0.717) is 6.42 Å². The maximum atomic E-state index is 13.1. The zero-order valence-corrected chi connectivity index (χ0v) is 17.8. The third kappa shape index (κ3) is 4.86. The fourth-order valence-corrected chi connectivity index (χ4v) is 3.34. The van der Waals surface area contributed by atoms with E-state index in [2.05, 4.69) is 5.10 Å². The van der Waals surface area contributed by atoms with E-state index in [0.717, 1.165) is 28.2 Å². The van der Waals surface area contributed by atoms with Gasteiger partial charge in [0.1, 0.15) is 18.9 Å². The summed E-state index contributed by atoms with van der Waals surface area (Å²) in [6, 6.07) is 15.5. The van der Waals surface area contributed by atoms with Gasteiger partial charge in [-0.2, -0.15) is 5.10 Å². The largest absolute Gasteiger partial charge is 0.497 e. The van der Waals surface area contributed by atoms with E-state index in [1.165, 1.54) is 17.0 Å². The Morgan fingerprint density at radius 2 is 1.77 bits per heavy atom. The van der Waals surface area contributed by atoms with Gasteiger partial charge >= 0.3 is 0 Å². The molecule has 30 heavy (non-hydrogen) atoms. The number of likely N-dealkylation sites (N-methyl/N-ethyl adjacent to an activating group) is 1. The maximum absolute atomic E-state index is 13.1. The van der Waals surface area contributed by atoms with Crippen LogP contribution >= 0.6 is 0 Å². The van der Waals surface area contributed by atoms with Crippen LogP contribution in [0.1, 0.15) is 29.2 Å². The first-order valence-corrected chi connectivity index (χ1v) is 9.76. The standard InChI is InChI=1S/C23H27N3O4/c1-16-5-7-18(8-6-16)21-13-20(17-9-11-19(30-4)12-10-17)24-26(21)22(27)14-25(2)23(28)15-29-3/h5-12,21H,13-15H2,1-4H3. The summed E-state index contributed by atoms with van der Waals surface area (Å²) in [6.07, 6.45) is 0.594. The molecule has 2 aromatic rings. The van der Waals surface area contributed by atoms with Crippen LogP contribution in [0.5, 0.6) is 5.75 Å². The van der Waals surface area contributed by atoms with Crippen molar-refractivity contribution in [2.24, 2.45) is 5.10 Å². The Morgan fingerprint density at radius 1 is 1.10 bits per heavy atom. The number of hydrazone groups is 1. The lowest BCUT2D eigenvalue weighted by Gasteiger charge is -2.25. The first-order chi connectivity index (χ1) is 14.4. The first kappa shape index (κ1) is 21.5. The van der Waals surface area contributed by atoms with E-state index in [4.69, 9.17) is 9.47 Å². The summed E-state index contributed by atoms with van der Waals surface area (Å²) in [4.78, 5) is 26.4. The Balaban J connectivity index is 1.86. The van der Waals surface area contributed by atoms with Gasteiger partial charge < -0.3 is 14.4 Å². The summed E-state index contributed by atoms with van der Waals surface area (Å²) in [5.41, 5.74) is 3.91. The van der Waals surface area contributed by atoms with Crippen LogP contribution in [0, 0.1) is 6.92 Å². The van der Waals surface area contributed by atoms with Crippen LogP contribution < -0.4 is 4.74 Å². The predicted molar refractivity (Wildman–Crippen MR) is 114 cm³/mol. The van der Waals surface area contributed by atoms with Crippen molar-refractivity contribution in [2.75, 3.05) is 34.4 Å². The minimum Gasteiger partial charge on any atom is -0.497 e. The number of carbonyl (C=O) groups is 2. The molecule has 7 nitrogen and oxygen atoms in total. The van der Waals surface area contributed by atoms with E-state index < -0.39 is 0 Å². The Hall–Kier alpha value is -3.19. The lowest BCUT2D eigenvalue weighted by molar-refractivity contribution is -0.142. The molecule has 2 amide bonds. The minimum atomic E-state index is -0.253. The number of methoxy groups -OCH3 is 2. The smallest absolute Gasteiger partial charge is 0.262 e. The molecule has 0 aliphatic carbocycles. The second kappa shape index (κ2) is 9.54. The molecule has 0 radical (unpaired) electrons. The van der Waals surface area contributed by atoms with Crippen molar-refractivity contribution in [1.29, 1.82) is 0 Å². The van der Waals surface area contributed by atoms with E-state index in [-0.39, 0.29) is 31.0 Å². The minimum absolute atomic E-state index is 0.0640. The van der Waals surface area contributed by atoms with Crippen LogP contribution in [0.3, 0.4) is 0 Å². The van der Waals surface area contributed by atoms with Crippen molar-refractivity contribution in [1.82, 2.24) is 9.91 Å². The highest BCUT2D eigenvalue weighted by Crippen LogP contribution is 2.33. The van der Waals surface area contributed by atoms with Crippen LogP contribution in [0.15, 0.2) is 53.6 Å². The maximum Gasteiger partial charge on any atom is 0.262 e. The molecule has 1 aliphatic rings. The summed E-state index contributed by atoms with van der Waals surface area (Å²) in [5, 5.41) is 6.14. The molecule has 0 bridgehead atoms. The zero-order chi connectivity index (χ0) is 21.7. The molecule has 1 aliphatic heterocycles. The molecular weight excluding hydrogens is 382 g/mol. The van der Waals surface area contributed by atoms with Crippen molar-refractivity contribution < 1.29 is 19.1 Å². The Morgan fingerprint density at radius 3 is 2.37 bits per heavy atom. The second-order valence-electron chi connectivity index (χ2n) is 7.33. The number of carbonyl (C=O) groups excluding carboxylic acids is 2. The number of nitrogens with zero attached hydrogens (tertiary/aromatic N) is 3. The van der Waals surface area contributed by atoms with Crippen molar-refractivity contribution >= 4 is 17.5 Å². The lowest BCUT2D eigenvalue weighted by Crippen LogP contribution is -2.40. The highest BCUT2D eigenvalue weighted by molar-refractivity contribution is 6.03. The lowest BCUT2D eigenvalue weighted by atomic mass is 9.97. The molecule has 1 unspecified atom stereocenters. The highest BCUT2D eigenvalue weighted by Gasteiger charge is 2.33. The zero-order valence-electron chi connectivity index (χ0n) is 17.8. The van der Waals surface area contributed by atoms with Crippen molar-refractivity contribution in [3.05, 3.63) is 65.2 Å². The third-order valence-corrected chi connectivity index (χ3v) is 5.12. The Bertz CT molecular complexity index is 922. The van der Waals surface area contributed by atoms with Crippen LogP contribution in [0.4, 0.5) is 0 Å². The Labute approximate surface area is 176 Å². The molecule has 3 rings (SSSR count). The highest BCUT2D eigenvalue weighted by atomic mass is 16.5. The van der Waals surface area contributed by atoms with Gasteiger partial charge in [-0.25, -0.2) is 5.01 Å².